The van der Waals surface area contributed by atoms with Crippen molar-refractivity contribution in [3.63, 3.8) is 0 Å². The Morgan fingerprint density at radius 1 is 1.03 bits per heavy atom. The Balaban J connectivity index is 1.73. The molecule has 0 saturated heterocycles. The third-order valence-corrected chi connectivity index (χ3v) is 6.38. The highest BCUT2D eigenvalue weighted by atomic mass is 79.9. The zero-order chi connectivity index (χ0) is 23.4. The molecule has 0 radical (unpaired) electrons. The number of hydrogen-bond acceptors (Lipinski definition) is 5. The van der Waals surface area contributed by atoms with Gasteiger partial charge >= 0.3 is 0 Å². The van der Waals surface area contributed by atoms with Crippen molar-refractivity contribution in [2.24, 2.45) is 0 Å². The molecule has 7 heteroatoms. The van der Waals surface area contributed by atoms with Gasteiger partial charge in [-0.1, -0.05) is 47.8 Å². The van der Waals surface area contributed by atoms with Gasteiger partial charge < -0.3 is 18.8 Å². The number of methoxy groups -OCH3 is 1. The molecule has 1 atom stereocenters. The number of hydrogen-bond donors (Lipinski definition) is 0. The minimum atomic E-state index is -0.516. The Kier molecular flexibility index (Phi) is 7.50. The monoisotopic (exact) mass is 513 g/mol. The molecule has 1 aliphatic heterocycles. The fraction of sp³-hybridized carbons (Fsp3) is 0.385. The highest BCUT2D eigenvalue weighted by molar-refractivity contribution is 9.10. The van der Waals surface area contributed by atoms with Crippen LogP contribution in [-0.2, 0) is 4.74 Å². The highest BCUT2D eigenvalue weighted by Gasteiger charge is 2.42. The number of ether oxygens (including phenoxy) is 2. The molecule has 0 fully saturated rings. The van der Waals surface area contributed by atoms with Crippen molar-refractivity contribution < 1.29 is 18.7 Å². The van der Waals surface area contributed by atoms with Gasteiger partial charge in [-0.15, -0.1) is 0 Å². The normalized spacial score (nSPS) is 15.3. The van der Waals surface area contributed by atoms with E-state index in [-0.39, 0.29) is 17.1 Å². The van der Waals surface area contributed by atoms with Gasteiger partial charge in [-0.25, -0.2) is 0 Å². The molecule has 1 unspecified atom stereocenters. The second-order valence-electron chi connectivity index (χ2n) is 8.19. The van der Waals surface area contributed by atoms with Gasteiger partial charge in [0.2, 0.25) is 5.76 Å². The first-order valence-electron chi connectivity index (χ1n) is 11.3. The summed E-state index contributed by atoms with van der Waals surface area (Å²) in [6, 6.07) is 12.4. The summed E-state index contributed by atoms with van der Waals surface area (Å²) in [5.41, 5.74) is 1.46. The zero-order valence-corrected chi connectivity index (χ0v) is 20.5. The van der Waals surface area contributed by atoms with Crippen molar-refractivity contribution in [3.8, 4) is 5.75 Å². The topological polar surface area (TPSA) is 69.0 Å². The van der Waals surface area contributed by atoms with Crippen LogP contribution in [0.3, 0.4) is 0 Å². The summed E-state index contributed by atoms with van der Waals surface area (Å²) in [4.78, 5) is 28.6. The highest BCUT2D eigenvalue weighted by Crippen LogP contribution is 2.39. The van der Waals surface area contributed by atoms with Gasteiger partial charge in [-0.2, -0.15) is 0 Å². The molecule has 174 valence electrons. The van der Waals surface area contributed by atoms with Gasteiger partial charge in [0.25, 0.3) is 5.91 Å². The first-order chi connectivity index (χ1) is 16.0. The lowest BCUT2D eigenvalue weighted by Gasteiger charge is -2.25. The Hall–Kier alpha value is -2.64. The van der Waals surface area contributed by atoms with Gasteiger partial charge in [0.15, 0.2) is 5.43 Å². The van der Waals surface area contributed by atoms with Gasteiger partial charge in [0.1, 0.15) is 11.3 Å². The Labute approximate surface area is 201 Å². The number of unbranched alkanes of at least 4 members (excludes halogenated alkanes) is 2. The van der Waals surface area contributed by atoms with Crippen LogP contribution < -0.4 is 10.2 Å². The lowest BCUT2D eigenvalue weighted by molar-refractivity contribution is 0.0708. The summed E-state index contributed by atoms with van der Waals surface area (Å²) in [6.45, 7) is 3.81. The quantitative estimate of drug-likeness (QED) is 0.325. The maximum atomic E-state index is 13.5. The summed E-state index contributed by atoms with van der Waals surface area (Å²) < 4.78 is 17.8. The number of carbonyl (C=O) groups excluding carboxylic acids is 1. The number of fused-ring (bicyclic) bond motifs is 2. The van der Waals surface area contributed by atoms with Crippen LogP contribution in [0.15, 0.2) is 56.1 Å². The van der Waals surface area contributed by atoms with E-state index in [9.17, 15) is 9.59 Å². The second-order valence-corrected chi connectivity index (χ2v) is 9.10. The molecule has 0 aliphatic carbocycles. The maximum absolute atomic E-state index is 13.5. The van der Waals surface area contributed by atoms with Gasteiger partial charge in [0, 0.05) is 24.7 Å². The van der Waals surface area contributed by atoms with Crippen LogP contribution in [0.2, 0.25) is 0 Å². The third-order valence-electron chi connectivity index (χ3n) is 5.89. The van der Waals surface area contributed by atoms with E-state index in [1.807, 2.05) is 24.3 Å². The van der Waals surface area contributed by atoms with Crippen LogP contribution in [0, 0.1) is 0 Å². The smallest absolute Gasteiger partial charge is 0.290 e. The molecule has 4 rings (SSSR count). The molecule has 2 aromatic carbocycles. The fourth-order valence-electron chi connectivity index (χ4n) is 4.24. The van der Waals surface area contributed by atoms with E-state index in [1.54, 1.807) is 30.2 Å². The minimum absolute atomic E-state index is 0.122. The zero-order valence-electron chi connectivity index (χ0n) is 18.9. The van der Waals surface area contributed by atoms with Crippen LogP contribution >= 0.6 is 15.9 Å². The molecule has 0 saturated carbocycles. The molecule has 1 aliphatic rings. The Morgan fingerprint density at radius 3 is 2.55 bits per heavy atom. The summed E-state index contributed by atoms with van der Waals surface area (Å²) in [5.74, 6) is 0.629. The molecule has 6 nitrogen and oxygen atoms in total. The number of rotatable bonds is 10. The van der Waals surface area contributed by atoms with Crippen LogP contribution in [-0.4, -0.2) is 37.7 Å². The largest absolute Gasteiger partial charge is 0.494 e. The predicted octanol–water partition coefficient (Wildman–Crippen LogP) is 5.71. The number of carbonyl (C=O) groups is 1. The molecular formula is C26H28BrNO5. The Bertz CT molecular complexity index is 1190. The average Bonchev–Trinajstić information content (AvgIpc) is 3.10. The van der Waals surface area contributed by atoms with Gasteiger partial charge in [-0.05, 0) is 48.7 Å². The minimum Gasteiger partial charge on any atom is -0.494 e. The summed E-state index contributed by atoms with van der Waals surface area (Å²) in [5, 5.41) is 0.454. The van der Waals surface area contributed by atoms with E-state index in [0.29, 0.717) is 42.7 Å². The van der Waals surface area contributed by atoms with Crippen molar-refractivity contribution in [2.45, 2.75) is 38.6 Å². The lowest BCUT2D eigenvalue weighted by Crippen LogP contribution is -2.31. The summed E-state index contributed by atoms with van der Waals surface area (Å²) >= 11 is 3.43. The number of benzene rings is 2. The van der Waals surface area contributed by atoms with E-state index in [1.165, 1.54) is 0 Å². The number of halogens is 1. The molecule has 2 heterocycles. The predicted molar refractivity (Wildman–Crippen MR) is 131 cm³/mol. The average molecular weight is 514 g/mol. The van der Waals surface area contributed by atoms with Crippen molar-refractivity contribution >= 4 is 32.8 Å². The van der Waals surface area contributed by atoms with Crippen molar-refractivity contribution in [1.82, 2.24) is 4.90 Å². The molecule has 1 amide bonds. The van der Waals surface area contributed by atoms with Crippen molar-refractivity contribution in [3.05, 3.63) is 74.0 Å². The molecule has 0 bridgehead atoms. The summed E-state index contributed by atoms with van der Waals surface area (Å²) in [7, 11) is 1.63. The maximum Gasteiger partial charge on any atom is 0.290 e. The van der Waals surface area contributed by atoms with Crippen LogP contribution in [0.4, 0.5) is 0 Å². The first kappa shape index (κ1) is 23.5. The van der Waals surface area contributed by atoms with E-state index in [4.69, 9.17) is 13.9 Å². The number of amides is 1. The van der Waals surface area contributed by atoms with Crippen LogP contribution in [0.25, 0.3) is 11.0 Å². The molecule has 0 N–H and O–H groups in total. The molecule has 0 spiro atoms. The standard InChI is InChI=1S/C26H28BrNO5/c1-3-4-5-15-32-19-10-7-17(8-11-19)23-22-24(29)20-16-18(27)9-12-21(20)33-25(22)26(30)28(23)13-6-14-31-2/h7-12,16,23H,3-6,13-15H2,1-2H3. The van der Waals surface area contributed by atoms with Crippen LogP contribution in [0.1, 0.15) is 60.3 Å². The number of nitrogens with zero attached hydrogens (tertiary/aromatic N) is 1. The summed E-state index contributed by atoms with van der Waals surface area (Å²) in [6.07, 6.45) is 3.95. The lowest BCUT2D eigenvalue weighted by atomic mass is 9.98. The molecule has 3 aromatic rings. The SMILES string of the molecule is CCCCCOc1ccc(C2c3c(oc4ccc(Br)cc4c3=O)C(=O)N2CCCOC)cc1. The third kappa shape index (κ3) is 4.84. The van der Waals surface area contributed by atoms with E-state index < -0.39 is 6.04 Å². The van der Waals surface area contributed by atoms with E-state index >= 15 is 0 Å². The van der Waals surface area contributed by atoms with Crippen molar-refractivity contribution in [1.29, 1.82) is 0 Å². The molecule has 33 heavy (non-hydrogen) atoms. The van der Waals surface area contributed by atoms with Gasteiger partial charge in [-0.3, -0.25) is 9.59 Å². The van der Waals surface area contributed by atoms with E-state index in [2.05, 4.69) is 22.9 Å². The first-order valence-corrected chi connectivity index (χ1v) is 12.1. The fourth-order valence-corrected chi connectivity index (χ4v) is 4.60. The molecule has 1 aromatic heterocycles. The molecular weight excluding hydrogens is 486 g/mol. The van der Waals surface area contributed by atoms with Crippen molar-refractivity contribution in [2.75, 3.05) is 26.9 Å². The Morgan fingerprint density at radius 2 is 1.82 bits per heavy atom. The second kappa shape index (κ2) is 10.5. The van der Waals surface area contributed by atoms with Gasteiger partial charge in [0.05, 0.1) is 23.6 Å². The van der Waals surface area contributed by atoms with Crippen LogP contribution in [0.5, 0.6) is 5.75 Å². The van der Waals surface area contributed by atoms with E-state index in [0.717, 1.165) is 35.0 Å².